The molecule has 0 aromatic heterocycles. The molecule has 0 spiro atoms. The van der Waals surface area contributed by atoms with Crippen LogP contribution in [0.25, 0.3) is 10.8 Å². The van der Waals surface area contributed by atoms with E-state index in [4.69, 9.17) is 18.9 Å². The molecule has 0 aliphatic carbocycles. The molecule has 0 N–H and O–H groups in total. The lowest BCUT2D eigenvalue weighted by molar-refractivity contribution is -0.145. The van der Waals surface area contributed by atoms with Crippen LogP contribution in [0, 0.1) is 6.92 Å². The summed E-state index contributed by atoms with van der Waals surface area (Å²) >= 11 is 0. The number of fused-ring (bicyclic) bond motifs is 1. The summed E-state index contributed by atoms with van der Waals surface area (Å²) in [6, 6.07) is 9.58. The van der Waals surface area contributed by atoms with Crippen molar-refractivity contribution in [1.82, 2.24) is 0 Å². The van der Waals surface area contributed by atoms with E-state index in [2.05, 4.69) is 13.2 Å². The van der Waals surface area contributed by atoms with Crippen molar-refractivity contribution < 1.29 is 28.5 Å². The van der Waals surface area contributed by atoms with Crippen LogP contribution < -0.4 is 9.47 Å². The summed E-state index contributed by atoms with van der Waals surface area (Å²) in [6.45, 7) is 16.3. The van der Waals surface area contributed by atoms with Crippen LogP contribution in [-0.2, 0) is 19.1 Å². The molecule has 31 heavy (non-hydrogen) atoms. The summed E-state index contributed by atoms with van der Waals surface area (Å²) in [5.74, 6) is 0.468. The minimum absolute atomic E-state index is 0.204. The van der Waals surface area contributed by atoms with Gasteiger partial charge in [0.1, 0.15) is 36.9 Å². The van der Waals surface area contributed by atoms with E-state index in [-0.39, 0.29) is 13.2 Å². The van der Waals surface area contributed by atoms with Gasteiger partial charge in [-0.25, -0.2) is 9.59 Å². The Labute approximate surface area is 183 Å². The van der Waals surface area contributed by atoms with Gasteiger partial charge in [0.15, 0.2) is 0 Å². The molecule has 2 aromatic rings. The summed E-state index contributed by atoms with van der Waals surface area (Å²) in [4.78, 5) is 23.3. The van der Waals surface area contributed by atoms with Crippen molar-refractivity contribution >= 4 is 22.7 Å². The van der Waals surface area contributed by atoms with Gasteiger partial charge in [-0.05, 0) is 46.2 Å². The van der Waals surface area contributed by atoms with Crippen LogP contribution in [0.3, 0.4) is 0 Å². The van der Waals surface area contributed by atoms with Crippen LogP contribution in [0.1, 0.15) is 33.3 Å². The molecule has 2 unspecified atom stereocenters. The molecule has 6 nitrogen and oxygen atoms in total. The first-order chi connectivity index (χ1) is 14.6. The highest BCUT2D eigenvalue weighted by atomic mass is 16.6. The molecular weight excluding hydrogens is 396 g/mol. The molecule has 0 bridgehead atoms. The third-order valence-electron chi connectivity index (χ3n) is 4.42. The van der Waals surface area contributed by atoms with E-state index in [9.17, 15) is 9.59 Å². The average Bonchev–Trinajstić information content (AvgIpc) is 2.71. The number of carbonyl (C=O) groups excluding carboxylic acids is 2. The van der Waals surface area contributed by atoms with Crippen LogP contribution in [-0.4, -0.2) is 37.4 Å². The number of carbonyl (C=O) groups is 2. The minimum Gasteiger partial charge on any atom is -0.489 e. The molecule has 0 aliphatic rings. The number of hydrogen-bond acceptors (Lipinski definition) is 6. The van der Waals surface area contributed by atoms with Crippen molar-refractivity contribution in [2.75, 3.05) is 13.2 Å². The van der Waals surface area contributed by atoms with Crippen molar-refractivity contribution in [3.05, 3.63) is 60.2 Å². The van der Waals surface area contributed by atoms with Crippen LogP contribution in [0.15, 0.2) is 54.6 Å². The molecule has 0 radical (unpaired) electrons. The SMILES string of the molecule is C=C(C)C(=O)OC(C)COc1cccc2c(OCC(C)OC(=O)C(=C)C)c(C)ccc12. The van der Waals surface area contributed by atoms with Crippen LogP contribution >= 0.6 is 0 Å². The van der Waals surface area contributed by atoms with Gasteiger partial charge in [0.05, 0.1) is 0 Å². The van der Waals surface area contributed by atoms with Crippen molar-refractivity contribution in [1.29, 1.82) is 0 Å². The first-order valence-corrected chi connectivity index (χ1v) is 10.1. The van der Waals surface area contributed by atoms with E-state index >= 15 is 0 Å². The summed E-state index contributed by atoms with van der Waals surface area (Å²) in [5, 5.41) is 1.75. The lowest BCUT2D eigenvalue weighted by Gasteiger charge is -2.19. The Hall–Kier alpha value is -3.28. The quantitative estimate of drug-likeness (QED) is 0.397. The highest BCUT2D eigenvalue weighted by Gasteiger charge is 2.16. The second-order valence-electron chi connectivity index (χ2n) is 7.68. The fourth-order valence-corrected chi connectivity index (χ4v) is 2.77. The highest BCUT2D eigenvalue weighted by molar-refractivity contribution is 5.94. The molecule has 2 rings (SSSR count). The zero-order valence-corrected chi connectivity index (χ0v) is 18.8. The Morgan fingerprint density at radius 3 is 1.94 bits per heavy atom. The Morgan fingerprint density at radius 1 is 0.839 bits per heavy atom. The molecule has 6 heteroatoms. The van der Waals surface area contributed by atoms with E-state index in [0.717, 1.165) is 16.3 Å². The molecular formula is C25H30O6. The van der Waals surface area contributed by atoms with Crippen molar-refractivity contribution in [2.45, 2.75) is 46.8 Å². The second-order valence-corrected chi connectivity index (χ2v) is 7.68. The number of aryl methyl sites for hydroxylation is 1. The maximum Gasteiger partial charge on any atom is 0.333 e. The van der Waals surface area contributed by atoms with Gasteiger partial charge in [0.2, 0.25) is 0 Å². The topological polar surface area (TPSA) is 71.1 Å². The molecule has 0 fully saturated rings. The first-order valence-electron chi connectivity index (χ1n) is 10.1. The lowest BCUT2D eigenvalue weighted by atomic mass is 10.1. The zero-order valence-electron chi connectivity index (χ0n) is 18.8. The maximum atomic E-state index is 11.7. The zero-order chi connectivity index (χ0) is 23.1. The molecule has 2 aromatic carbocycles. The van der Waals surface area contributed by atoms with Gasteiger partial charge in [-0.1, -0.05) is 37.4 Å². The van der Waals surface area contributed by atoms with Crippen molar-refractivity contribution in [2.24, 2.45) is 0 Å². The Balaban J connectivity index is 2.14. The summed E-state index contributed by atoms with van der Waals surface area (Å²) in [6.07, 6.45) is -0.855. The van der Waals surface area contributed by atoms with Gasteiger partial charge in [-0.15, -0.1) is 0 Å². The third kappa shape index (κ3) is 6.60. The predicted molar refractivity (Wildman–Crippen MR) is 120 cm³/mol. The van der Waals surface area contributed by atoms with E-state index in [0.29, 0.717) is 22.6 Å². The Morgan fingerprint density at radius 2 is 1.39 bits per heavy atom. The summed E-state index contributed by atoms with van der Waals surface area (Å²) < 4.78 is 22.5. The molecule has 0 heterocycles. The summed E-state index contributed by atoms with van der Waals surface area (Å²) in [5.41, 5.74) is 1.64. The number of hydrogen-bond donors (Lipinski definition) is 0. The Kier molecular flexibility index (Phi) is 8.25. The first kappa shape index (κ1) is 24.0. The lowest BCUT2D eigenvalue weighted by Crippen LogP contribution is -2.22. The molecule has 166 valence electrons. The van der Waals surface area contributed by atoms with Crippen LogP contribution in [0.4, 0.5) is 0 Å². The van der Waals surface area contributed by atoms with Gasteiger partial charge < -0.3 is 18.9 Å². The molecule has 0 amide bonds. The largest absolute Gasteiger partial charge is 0.489 e. The van der Waals surface area contributed by atoms with Crippen molar-refractivity contribution in [3.8, 4) is 11.5 Å². The van der Waals surface area contributed by atoms with Gasteiger partial charge >= 0.3 is 11.9 Å². The second kappa shape index (κ2) is 10.7. The molecule has 0 saturated heterocycles. The normalized spacial score (nSPS) is 12.5. The van der Waals surface area contributed by atoms with Gasteiger partial charge in [-0.3, -0.25) is 0 Å². The molecule has 0 saturated carbocycles. The monoisotopic (exact) mass is 426 g/mol. The highest BCUT2D eigenvalue weighted by Crippen LogP contribution is 2.35. The van der Waals surface area contributed by atoms with E-state index in [1.165, 1.54) is 0 Å². The number of ether oxygens (including phenoxy) is 4. The fraction of sp³-hybridized carbons (Fsp3) is 0.360. The van der Waals surface area contributed by atoms with Gasteiger partial charge in [0, 0.05) is 21.9 Å². The van der Waals surface area contributed by atoms with Crippen LogP contribution in [0.5, 0.6) is 11.5 Å². The third-order valence-corrected chi connectivity index (χ3v) is 4.42. The Bertz CT molecular complexity index is 991. The predicted octanol–water partition coefficient (Wildman–Crippen LogP) is 4.92. The van der Waals surface area contributed by atoms with E-state index < -0.39 is 24.1 Å². The van der Waals surface area contributed by atoms with Gasteiger partial charge in [0.25, 0.3) is 0 Å². The summed E-state index contributed by atoms with van der Waals surface area (Å²) in [7, 11) is 0. The van der Waals surface area contributed by atoms with E-state index in [1.54, 1.807) is 27.7 Å². The number of esters is 2. The fourth-order valence-electron chi connectivity index (χ4n) is 2.77. The minimum atomic E-state index is -0.443. The standard InChI is InChI=1S/C25H30O6/c1-15(2)24(26)30-18(6)13-28-22-10-8-9-21-20(22)12-11-17(5)23(21)29-14-19(7)31-25(27)16(3)4/h8-12,18-19H,1,3,13-14H2,2,4-7H3. The number of rotatable bonds is 10. The molecule has 0 aliphatic heterocycles. The smallest absolute Gasteiger partial charge is 0.333 e. The van der Waals surface area contributed by atoms with Crippen LogP contribution in [0.2, 0.25) is 0 Å². The van der Waals surface area contributed by atoms with Crippen molar-refractivity contribution in [3.63, 3.8) is 0 Å². The van der Waals surface area contributed by atoms with E-state index in [1.807, 2.05) is 37.3 Å². The van der Waals surface area contributed by atoms with Gasteiger partial charge in [-0.2, -0.15) is 0 Å². The average molecular weight is 427 g/mol. The number of benzene rings is 2. The maximum absolute atomic E-state index is 11.7. The molecule has 2 atom stereocenters.